The van der Waals surface area contributed by atoms with Gasteiger partial charge in [0.05, 0.1) is 5.56 Å². The van der Waals surface area contributed by atoms with E-state index in [0.717, 1.165) is 33.5 Å². The van der Waals surface area contributed by atoms with Gasteiger partial charge in [-0.05, 0) is 54.3 Å². The Morgan fingerprint density at radius 1 is 1.10 bits per heavy atom. The average molecular weight is 404 g/mol. The minimum Gasteiger partial charge on any atom is -0.352 e. The van der Waals surface area contributed by atoms with Crippen molar-refractivity contribution in [2.75, 3.05) is 6.54 Å². The summed E-state index contributed by atoms with van der Waals surface area (Å²) in [6, 6.07) is 17.8. The van der Waals surface area contributed by atoms with Crippen LogP contribution in [-0.4, -0.2) is 22.0 Å². The maximum atomic E-state index is 12.9. The number of carbonyl (C=O) groups is 1. The predicted octanol–water partition coefficient (Wildman–Crippen LogP) is 5.02. The van der Waals surface area contributed by atoms with Crippen LogP contribution < -0.4 is 5.32 Å². The van der Waals surface area contributed by atoms with Gasteiger partial charge in [-0.1, -0.05) is 41.9 Å². The van der Waals surface area contributed by atoms with Gasteiger partial charge in [-0.3, -0.25) is 9.78 Å². The van der Waals surface area contributed by atoms with Gasteiger partial charge in [-0.15, -0.1) is 0 Å². The number of amides is 1. The molecule has 0 spiro atoms. The minimum atomic E-state index is -0.0578. The number of nitrogens with one attached hydrogen (secondary N) is 1. The van der Waals surface area contributed by atoms with Gasteiger partial charge < -0.3 is 9.88 Å². The zero-order valence-corrected chi connectivity index (χ0v) is 17.0. The van der Waals surface area contributed by atoms with E-state index in [-0.39, 0.29) is 5.91 Å². The first-order chi connectivity index (χ1) is 14.1. The molecule has 0 aliphatic carbocycles. The number of carbonyl (C=O) groups excluding carboxylic acids is 1. The van der Waals surface area contributed by atoms with Crippen LogP contribution in [-0.2, 0) is 13.0 Å². The normalized spacial score (nSPS) is 11.0. The molecule has 29 heavy (non-hydrogen) atoms. The Morgan fingerprint density at radius 2 is 1.90 bits per heavy atom. The summed E-state index contributed by atoms with van der Waals surface area (Å²) in [5, 5.41) is 4.73. The third-order valence-electron chi connectivity index (χ3n) is 5.13. The number of halogens is 1. The van der Waals surface area contributed by atoms with Gasteiger partial charge >= 0.3 is 0 Å². The molecule has 0 unspecified atom stereocenters. The molecule has 4 aromatic rings. The van der Waals surface area contributed by atoms with Crippen LogP contribution in [0.5, 0.6) is 0 Å². The molecule has 0 radical (unpaired) electrons. The predicted molar refractivity (Wildman–Crippen MR) is 118 cm³/mol. The van der Waals surface area contributed by atoms with Gasteiger partial charge in [0, 0.05) is 47.6 Å². The number of para-hydroxylation sites is 1. The number of fused-ring (bicyclic) bond motifs is 1. The Hall–Kier alpha value is -3.11. The van der Waals surface area contributed by atoms with Crippen molar-refractivity contribution in [1.82, 2.24) is 14.9 Å². The standard InChI is InChI=1S/C24H22ClN3O/c1-17-10-12-26-14-19(17)11-13-27-24(29)22-16-28(23-5-3-2-4-21(22)23)15-18-6-8-20(25)9-7-18/h2-10,12,14,16H,11,13,15H2,1H3,(H,27,29). The molecular weight excluding hydrogens is 382 g/mol. The lowest BCUT2D eigenvalue weighted by molar-refractivity contribution is 0.0955. The van der Waals surface area contributed by atoms with Crippen LogP contribution in [0.2, 0.25) is 5.02 Å². The first-order valence-corrected chi connectivity index (χ1v) is 9.99. The molecule has 4 rings (SSSR count). The molecule has 0 aliphatic rings. The fraction of sp³-hybridized carbons (Fsp3) is 0.167. The third-order valence-corrected chi connectivity index (χ3v) is 5.38. The molecule has 1 N–H and O–H groups in total. The number of benzene rings is 2. The molecule has 2 aromatic heterocycles. The van der Waals surface area contributed by atoms with E-state index in [0.29, 0.717) is 18.7 Å². The summed E-state index contributed by atoms with van der Waals surface area (Å²) >= 11 is 5.99. The summed E-state index contributed by atoms with van der Waals surface area (Å²) in [6.45, 7) is 3.31. The Bertz CT molecular complexity index is 1150. The number of rotatable bonds is 6. The van der Waals surface area contributed by atoms with Gasteiger partial charge in [-0.2, -0.15) is 0 Å². The van der Waals surface area contributed by atoms with Gasteiger partial charge in [0.2, 0.25) is 0 Å². The zero-order chi connectivity index (χ0) is 20.2. The van der Waals surface area contributed by atoms with Crippen LogP contribution in [0.3, 0.4) is 0 Å². The second-order valence-corrected chi connectivity index (χ2v) is 7.56. The third kappa shape index (κ3) is 4.33. The molecule has 0 saturated heterocycles. The lowest BCUT2D eigenvalue weighted by Crippen LogP contribution is -2.25. The first kappa shape index (κ1) is 19.2. The zero-order valence-electron chi connectivity index (χ0n) is 16.2. The molecule has 0 atom stereocenters. The lowest BCUT2D eigenvalue weighted by Gasteiger charge is -2.06. The number of hydrogen-bond donors (Lipinski definition) is 1. The fourth-order valence-corrected chi connectivity index (χ4v) is 3.64. The van der Waals surface area contributed by atoms with E-state index in [2.05, 4.69) is 21.8 Å². The Morgan fingerprint density at radius 3 is 2.69 bits per heavy atom. The number of nitrogens with zero attached hydrogens (tertiary/aromatic N) is 2. The summed E-state index contributed by atoms with van der Waals surface area (Å²) in [4.78, 5) is 17.1. The van der Waals surface area contributed by atoms with Crippen molar-refractivity contribution in [3.63, 3.8) is 0 Å². The van der Waals surface area contributed by atoms with E-state index in [9.17, 15) is 4.79 Å². The van der Waals surface area contributed by atoms with E-state index in [4.69, 9.17) is 11.6 Å². The Labute approximate surface area is 175 Å². The van der Waals surface area contributed by atoms with E-state index in [1.54, 1.807) is 6.20 Å². The lowest BCUT2D eigenvalue weighted by atomic mass is 10.1. The molecule has 0 bridgehead atoms. The smallest absolute Gasteiger partial charge is 0.253 e. The number of hydrogen-bond acceptors (Lipinski definition) is 2. The molecule has 2 heterocycles. The quantitative estimate of drug-likeness (QED) is 0.491. The highest BCUT2D eigenvalue weighted by Crippen LogP contribution is 2.23. The molecule has 146 valence electrons. The summed E-state index contributed by atoms with van der Waals surface area (Å²) in [6.07, 6.45) is 6.34. The maximum Gasteiger partial charge on any atom is 0.253 e. The van der Waals surface area contributed by atoms with Gasteiger partial charge in [-0.25, -0.2) is 0 Å². The molecule has 0 saturated carbocycles. The van der Waals surface area contributed by atoms with Crippen molar-refractivity contribution in [2.45, 2.75) is 19.9 Å². The van der Waals surface area contributed by atoms with Gasteiger partial charge in [0.1, 0.15) is 0 Å². The van der Waals surface area contributed by atoms with E-state index in [1.165, 1.54) is 5.56 Å². The topological polar surface area (TPSA) is 46.9 Å². The van der Waals surface area contributed by atoms with Crippen molar-refractivity contribution in [3.05, 3.63) is 100 Å². The minimum absolute atomic E-state index is 0.0578. The molecule has 5 heteroatoms. The van der Waals surface area contributed by atoms with Crippen molar-refractivity contribution in [3.8, 4) is 0 Å². The molecule has 0 fully saturated rings. The van der Waals surface area contributed by atoms with Crippen LogP contribution in [0.1, 0.15) is 27.0 Å². The summed E-state index contributed by atoms with van der Waals surface area (Å²) in [5.74, 6) is -0.0578. The monoisotopic (exact) mass is 403 g/mol. The second kappa shape index (κ2) is 8.50. The number of aryl methyl sites for hydroxylation is 1. The molecular formula is C24H22ClN3O. The van der Waals surface area contributed by atoms with Gasteiger partial charge in [0.15, 0.2) is 0 Å². The fourth-order valence-electron chi connectivity index (χ4n) is 3.51. The Balaban J connectivity index is 1.53. The number of aromatic nitrogens is 2. The SMILES string of the molecule is Cc1ccncc1CCNC(=O)c1cn(Cc2ccc(Cl)cc2)c2ccccc12. The van der Waals surface area contributed by atoms with Gasteiger partial charge in [0.25, 0.3) is 5.91 Å². The first-order valence-electron chi connectivity index (χ1n) is 9.62. The highest BCUT2D eigenvalue weighted by Gasteiger charge is 2.15. The van der Waals surface area contributed by atoms with E-state index in [1.807, 2.05) is 67.0 Å². The van der Waals surface area contributed by atoms with E-state index >= 15 is 0 Å². The summed E-state index contributed by atoms with van der Waals surface area (Å²) in [7, 11) is 0. The summed E-state index contributed by atoms with van der Waals surface area (Å²) < 4.78 is 2.11. The van der Waals surface area contributed by atoms with Crippen molar-refractivity contribution in [1.29, 1.82) is 0 Å². The van der Waals surface area contributed by atoms with E-state index < -0.39 is 0 Å². The summed E-state index contributed by atoms with van der Waals surface area (Å²) in [5.41, 5.74) is 5.20. The average Bonchev–Trinajstić information content (AvgIpc) is 3.10. The second-order valence-electron chi connectivity index (χ2n) is 7.12. The molecule has 2 aromatic carbocycles. The Kier molecular flexibility index (Phi) is 5.63. The molecule has 1 amide bonds. The van der Waals surface area contributed by atoms with Crippen LogP contribution in [0.25, 0.3) is 10.9 Å². The van der Waals surface area contributed by atoms with Crippen LogP contribution >= 0.6 is 11.6 Å². The van der Waals surface area contributed by atoms with Crippen molar-refractivity contribution < 1.29 is 4.79 Å². The van der Waals surface area contributed by atoms with Crippen molar-refractivity contribution >= 4 is 28.4 Å². The molecule has 0 aliphatic heterocycles. The van der Waals surface area contributed by atoms with Crippen molar-refractivity contribution in [2.24, 2.45) is 0 Å². The maximum absolute atomic E-state index is 12.9. The van der Waals surface area contributed by atoms with Crippen LogP contribution in [0, 0.1) is 6.92 Å². The molecule has 4 nitrogen and oxygen atoms in total. The highest BCUT2D eigenvalue weighted by atomic mass is 35.5. The number of pyridine rings is 1. The highest BCUT2D eigenvalue weighted by molar-refractivity contribution is 6.30. The largest absolute Gasteiger partial charge is 0.352 e. The van der Waals surface area contributed by atoms with Crippen LogP contribution in [0.15, 0.2) is 73.2 Å². The van der Waals surface area contributed by atoms with Crippen LogP contribution in [0.4, 0.5) is 0 Å².